The van der Waals surface area contributed by atoms with Crippen molar-refractivity contribution in [3.05, 3.63) is 45.5 Å². The van der Waals surface area contributed by atoms with Gasteiger partial charge in [0.2, 0.25) is 0 Å². The van der Waals surface area contributed by atoms with E-state index >= 15 is 0 Å². The molecule has 3 aromatic heterocycles. The molecule has 0 atom stereocenters. The molecule has 3 aromatic rings. The Kier molecular flexibility index (Phi) is 3.48. The molecule has 0 N–H and O–H groups in total. The van der Waals surface area contributed by atoms with Gasteiger partial charge in [0, 0.05) is 23.8 Å². The minimum absolute atomic E-state index is 0.0237. The molecule has 0 unspecified atom stereocenters. The number of aryl methyl sites for hydroxylation is 4. The maximum absolute atomic E-state index is 12.5. The predicted molar refractivity (Wildman–Crippen MR) is 88.6 cm³/mol. The topological polar surface area (TPSA) is 52.2 Å². The Morgan fingerprint density at radius 1 is 1.23 bits per heavy atom. The van der Waals surface area contributed by atoms with Crippen molar-refractivity contribution < 1.29 is 4.79 Å². The van der Waals surface area contributed by atoms with Gasteiger partial charge in [-0.25, -0.2) is 4.98 Å². The lowest BCUT2D eigenvalue weighted by molar-refractivity contribution is 0.104. The first-order valence-electron chi connectivity index (χ1n) is 7.06. The Hall–Kier alpha value is -2.21. The van der Waals surface area contributed by atoms with Crippen LogP contribution in [0, 0.1) is 27.7 Å². The fourth-order valence-electron chi connectivity index (χ4n) is 2.65. The normalized spacial score (nSPS) is 11.9. The molecule has 0 saturated heterocycles. The van der Waals surface area contributed by atoms with Gasteiger partial charge in [0.1, 0.15) is 0 Å². The van der Waals surface area contributed by atoms with Crippen LogP contribution in [-0.4, -0.2) is 24.9 Å². The van der Waals surface area contributed by atoms with Crippen LogP contribution in [0.1, 0.15) is 38.0 Å². The predicted octanol–water partition coefficient (Wildman–Crippen LogP) is 3.26. The number of thiazole rings is 1. The zero-order chi connectivity index (χ0) is 16.0. The van der Waals surface area contributed by atoms with Crippen molar-refractivity contribution >= 4 is 28.2 Å². The summed E-state index contributed by atoms with van der Waals surface area (Å²) in [5, 5.41) is 4.29. The lowest BCUT2D eigenvalue weighted by Crippen LogP contribution is -1.99. The van der Waals surface area contributed by atoms with Gasteiger partial charge in [0.25, 0.3) is 0 Å². The number of imidazole rings is 1. The lowest BCUT2D eigenvalue weighted by Gasteiger charge is -1.97. The number of nitrogens with zero attached hydrogens (tertiary/aromatic N) is 4. The Balaban J connectivity index is 1.99. The van der Waals surface area contributed by atoms with Crippen molar-refractivity contribution in [2.75, 3.05) is 0 Å². The summed E-state index contributed by atoms with van der Waals surface area (Å²) in [4.78, 5) is 19.2. The summed E-state index contributed by atoms with van der Waals surface area (Å²) in [5.74, 6) is -0.0237. The number of ketones is 1. The number of hydrogen-bond acceptors (Lipinski definition) is 4. The quantitative estimate of drug-likeness (QED) is 0.551. The second kappa shape index (κ2) is 5.21. The van der Waals surface area contributed by atoms with Gasteiger partial charge in [-0.05, 0) is 39.8 Å². The molecule has 0 aliphatic carbocycles. The van der Waals surface area contributed by atoms with E-state index in [9.17, 15) is 4.79 Å². The molecule has 3 rings (SSSR count). The van der Waals surface area contributed by atoms with Gasteiger partial charge < -0.3 is 0 Å². The summed E-state index contributed by atoms with van der Waals surface area (Å²) in [6, 6.07) is 0. The SMILES string of the molecule is Cc1cn2c(/C=C/C(=O)c3c(C)nn(C)c3C)c(C)nc2s1. The molecule has 0 saturated carbocycles. The molecule has 0 amide bonds. The zero-order valence-electron chi connectivity index (χ0n) is 13.3. The van der Waals surface area contributed by atoms with E-state index in [1.54, 1.807) is 22.1 Å². The van der Waals surface area contributed by atoms with Gasteiger partial charge >= 0.3 is 0 Å². The fraction of sp³-hybridized carbons (Fsp3) is 0.312. The van der Waals surface area contributed by atoms with Crippen LogP contribution >= 0.6 is 11.3 Å². The van der Waals surface area contributed by atoms with E-state index in [2.05, 4.69) is 17.0 Å². The van der Waals surface area contributed by atoms with E-state index in [0.29, 0.717) is 5.56 Å². The molecule has 6 heteroatoms. The third-order valence-corrected chi connectivity index (χ3v) is 4.71. The number of rotatable bonds is 3. The van der Waals surface area contributed by atoms with Gasteiger partial charge in [-0.3, -0.25) is 13.9 Å². The van der Waals surface area contributed by atoms with Crippen LogP contribution in [-0.2, 0) is 7.05 Å². The van der Waals surface area contributed by atoms with Crippen molar-refractivity contribution in [3.63, 3.8) is 0 Å². The maximum atomic E-state index is 12.5. The van der Waals surface area contributed by atoms with Gasteiger partial charge in [-0.15, -0.1) is 11.3 Å². The van der Waals surface area contributed by atoms with Crippen molar-refractivity contribution in [1.29, 1.82) is 0 Å². The van der Waals surface area contributed by atoms with Crippen molar-refractivity contribution in [2.45, 2.75) is 27.7 Å². The second-order valence-corrected chi connectivity index (χ2v) is 6.66. The Morgan fingerprint density at radius 2 is 1.95 bits per heavy atom. The van der Waals surface area contributed by atoms with E-state index in [4.69, 9.17) is 0 Å². The van der Waals surface area contributed by atoms with E-state index in [1.807, 2.05) is 44.5 Å². The van der Waals surface area contributed by atoms with Crippen LogP contribution in [0.25, 0.3) is 11.0 Å². The van der Waals surface area contributed by atoms with Crippen molar-refractivity contribution in [2.24, 2.45) is 7.05 Å². The fourth-order valence-corrected chi connectivity index (χ4v) is 3.53. The molecular formula is C16H18N4OS. The van der Waals surface area contributed by atoms with E-state index < -0.39 is 0 Å². The van der Waals surface area contributed by atoms with Crippen molar-refractivity contribution in [3.8, 4) is 0 Å². The summed E-state index contributed by atoms with van der Waals surface area (Å²) in [7, 11) is 1.85. The highest BCUT2D eigenvalue weighted by atomic mass is 32.1. The third kappa shape index (κ3) is 2.29. The molecule has 0 spiro atoms. The average molecular weight is 314 g/mol. The number of fused-ring (bicyclic) bond motifs is 1. The van der Waals surface area contributed by atoms with Crippen LogP contribution in [0.4, 0.5) is 0 Å². The van der Waals surface area contributed by atoms with Crippen molar-refractivity contribution in [1.82, 2.24) is 19.2 Å². The first-order chi connectivity index (χ1) is 10.4. The third-order valence-electron chi connectivity index (χ3n) is 3.81. The molecule has 0 aliphatic rings. The standard InChI is InChI=1S/C16H18N4OS/c1-9-8-20-13(10(2)17-16(20)22-9)6-7-14(21)15-11(3)18-19(5)12(15)4/h6-8H,1-5H3/b7-6+. The molecule has 0 aliphatic heterocycles. The van der Waals surface area contributed by atoms with Crippen LogP contribution in [0.3, 0.4) is 0 Å². The minimum atomic E-state index is -0.0237. The Bertz CT molecular complexity index is 911. The number of hydrogen-bond donors (Lipinski definition) is 0. The molecule has 5 nitrogen and oxygen atoms in total. The summed E-state index contributed by atoms with van der Waals surface area (Å²) in [6.45, 7) is 7.78. The van der Waals surface area contributed by atoms with E-state index in [0.717, 1.165) is 27.7 Å². The second-order valence-electron chi connectivity index (χ2n) is 5.44. The van der Waals surface area contributed by atoms with Gasteiger partial charge in [-0.1, -0.05) is 0 Å². The first kappa shape index (κ1) is 14.7. The molecule has 0 radical (unpaired) electrons. The van der Waals surface area contributed by atoms with Crippen LogP contribution in [0.5, 0.6) is 0 Å². The van der Waals surface area contributed by atoms with Crippen LogP contribution < -0.4 is 0 Å². The van der Waals surface area contributed by atoms with E-state index in [-0.39, 0.29) is 5.78 Å². The van der Waals surface area contributed by atoms with Gasteiger partial charge in [0.15, 0.2) is 10.7 Å². The average Bonchev–Trinajstić information content (AvgIpc) is 2.99. The number of carbonyl (C=O) groups excluding carboxylic acids is 1. The number of carbonyl (C=O) groups is 1. The largest absolute Gasteiger partial charge is 0.290 e. The van der Waals surface area contributed by atoms with E-state index in [1.165, 1.54) is 4.88 Å². The smallest absolute Gasteiger partial charge is 0.194 e. The zero-order valence-corrected chi connectivity index (χ0v) is 14.2. The summed E-state index contributed by atoms with van der Waals surface area (Å²) in [5.41, 5.74) is 4.20. The minimum Gasteiger partial charge on any atom is -0.290 e. The molecular weight excluding hydrogens is 296 g/mol. The Labute approximate surface area is 132 Å². The first-order valence-corrected chi connectivity index (χ1v) is 7.88. The number of aromatic nitrogens is 4. The summed E-state index contributed by atoms with van der Waals surface area (Å²) < 4.78 is 3.77. The Morgan fingerprint density at radius 3 is 2.59 bits per heavy atom. The highest BCUT2D eigenvalue weighted by Crippen LogP contribution is 2.22. The molecule has 0 fully saturated rings. The molecule has 0 aromatic carbocycles. The summed E-state index contributed by atoms with van der Waals surface area (Å²) >= 11 is 1.65. The monoisotopic (exact) mass is 314 g/mol. The summed E-state index contributed by atoms with van der Waals surface area (Å²) in [6.07, 6.45) is 5.50. The number of allylic oxidation sites excluding steroid dienone is 1. The van der Waals surface area contributed by atoms with Gasteiger partial charge in [0.05, 0.1) is 22.6 Å². The highest BCUT2D eigenvalue weighted by molar-refractivity contribution is 7.17. The van der Waals surface area contributed by atoms with Crippen LogP contribution in [0.15, 0.2) is 12.3 Å². The molecule has 3 heterocycles. The molecule has 0 bridgehead atoms. The maximum Gasteiger partial charge on any atom is 0.194 e. The molecule has 22 heavy (non-hydrogen) atoms. The molecule has 114 valence electrons. The van der Waals surface area contributed by atoms with Gasteiger partial charge in [-0.2, -0.15) is 5.10 Å². The van der Waals surface area contributed by atoms with Crippen LogP contribution in [0.2, 0.25) is 0 Å². The lowest BCUT2D eigenvalue weighted by atomic mass is 10.1. The highest BCUT2D eigenvalue weighted by Gasteiger charge is 2.15.